The fourth-order valence-corrected chi connectivity index (χ4v) is 4.75. The third-order valence-corrected chi connectivity index (χ3v) is 6.29. The van der Waals surface area contributed by atoms with Gasteiger partial charge in [-0.3, -0.25) is 4.90 Å². The molecule has 0 amide bonds. The fraction of sp³-hybridized carbons (Fsp3) is 0.478. The smallest absolute Gasteiger partial charge is 0.392 e. The second kappa shape index (κ2) is 7.82. The molecule has 0 fully saturated rings. The van der Waals surface area contributed by atoms with Crippen molar-refractivity contribution >= 4 is 0 Å². The molecule has 0 unspecified atom stereocenters. The van der Waals surface area contributed by atoms with Crippen LogP contribution in [0.15, 0.2) is 24.3 Å². The van der Waals surface area contributed by atoms with Gasteiger partial charge in [0.25, 0.3) is 0 Å². The lowest BCUT2D eigenvalue weighted by Gasteiger charge is -2.36. The van der Waals surface area contributed by atoms with E-state index >= 15 is 0 Å². The first kappa shape index (κ1) is 20.3. The molecule has 2 aromatic rings. The number of fused-ring (bicyclic) bond motifs is 5. The summed E-state index contributed by atoms with van der Waals surface area (Å²) in [5.41, 5.74) is 4.80. The number of hydrogen-bond donors (Lipinski definition) is 0. The zero-order chi connectivity index (χ0) is 21.6. The lowest BCUT2D eigenvalue weighted by atomic mass is 9.89. The lowest BCUT2D eigenvalue weighted by molar-refractivity contribution is -0.139. The predicted molar refractivity (Wildman–Crippen MR) is 107 cm³/mol. The number of nitrogens with zero attached hydrogens (tertiary/aromatic N) is 1. The first-order chi connectivity index (χ1) is 14.9. The maximum absolute atomic E-state index is 12.5. The molecular formula is C23H24F3NO4. The summed E-state index contributed by atoms with van der Waals surface area (Å²) >= 11 is 0. The number of methoxy groups -OCH3 is 1. The highest BCUT2D eigenvalue weighted by Crippen LogP contribution is 2.44. The highest BCUT2D eigenvalue weighted by Gasteiger charge is 2.33. The molecule has 3 aliphatic rings. The van der Waals surface area contributed by atoms with Crippen molar-refractivity contribution in [1.82, 2.24) is 4.90 Å². The number of benzene rings is 2. The van der Waals surface area contributed by atoms with Crippen LogP contribution < -0.4 is 18.9 Å². The van der Waals surface area contributed by atoms with E-state index in [0.717, 1.165) is 55.0 Å². The normalized spacial score (nSPS) is 19.8. The molecule has 0 saturated carbocycles. The maximum Gasteiger partial charge on any atom is 0.392 e. The minimum absolute atomic E-state index is 0.256. The van der Waals surface area contributed by atoms with Crippen LogP contribution in [0.25, 0.3) is 0 Å². The Morgan fingerprint density at radius 1 is 1.00 bits per heavy atom. The van der Waals surface area contributed by atoms with E-state index in [-0.39, 0.29) is 12.8 Å². The summed E-state index contributed by atoms with van der Waals surface area (Å²) in [7, 11) is 1.51. The van der Waals surface area contributed by atoms with E-state index < -0.39 is 19.2 Å². The number of aryl methyl sites for hydroxylation is 1. The SMILES string of the molecule is COc1cc2c(cc1OCCC(F)(F)F)CC[C@H]1c3cc4c(cc3CCN1C2)OCO4. The Bertz CT molecular complexity index is 992. The zero-order valence-electron chi connectivity index (χ0n) is 17.3. The van der Waals surface area contributed by atoms with Gasteiger partial charge < -0.3 is 18.9 Å². The molecule has 0 bridgehead atoms. The van der Waals surface area contributed by atoms with E-state index in [4.69, 9.17) is 18.9 Å². The summed E-state index contributed by atoms with van der Waals surface area (Å²) < 4.78 is 59.5. The second-order valence-corrected chi connectivity index (χ2v) is 8.16. The topological polar surface area (TPSA) is 40.2 Å². The van der Waals surface area contributed by atoms with E-state index in [9.17, 15) is 13.2 Å². The van der Waals surface area contributed by atoms with Gasteiger partial charge in [0.05, 0.1) is 20.1 Å². The molecule has 0 aromatic heterocycles. The standard InChI is InChI=1S/C23H24F3NO4/c1-28-19-10-16-12-27-6-4-15-9-21-22(31-13-30-21)11-17(15)18(27)3-2-14(16)8-20(19)29-7-5-23(24,25)26/h8-11,18H,2-7,12-13H2,1H3/t18-/m0/s1. The molecule has 0 radical (unpaired) electrons. The van der Waals surface area contributed by atoms with Gasteiger partial charge in [0.1, 0.15) is 0 Å². The number of alkyl halides is 3. The van der Waals surface area contributed by atoms with E-state index in [1.54, 1.807) is 0 Å². The van der Waals surface area contributed by atoms with Crippen LogP contribution in [0.4, 0.5) is 13.2 Å². The van der Waals surface area contributed by atoms with Gasteiger partial charge in [0.2, 0.25) is 6.79 Å². The zero-order valence-corrected chi connectivity index (χ0v) is 17.3. The Hall–Kier alpha value is -2.61. The number of rotatable bonds is 4. The first-order valence-electron chi connectivity index (χ1n) is 10.5. The Morgan fingerprint density at radius 2 is 1.77 bits per heavy atom. The van der Waals surface area contributed by atoms with Gasteiger partial charge in [-0.15, -0.1) is 0 Å². The third-order valence-electron chi connectivity index (χ3n) is 6.29. The Morgan fingerprint density at radius 3 is 2.55 bits per heavy atom. The van der Waals surface area contributed by atoms with Crippen molar-refractivity contribution in [2.24, 2.45) is 0 Å². The fourth-order valence-electron chi connectivity index (χ4n) is 4.75. The molecule has 0 spiro atoms. The van der Waals surface area contributed by atoms with Crippen molar-refractivity contribution in [3.8, 4) is 23.0 Å². The van der Waals surface area contributed by atoms with E-state index in [1.807, 2.05) is 12.1 Å². The van der Waals surface area contributed by atoms with Crippen LogP contribution in [-0.2, 0) is 19.4 Å². The molecule has 0 saturated heterocycles. The molecule has 3 heterocycles. The van der Waals surface area contributed by atoms with Gasteiger partial charge in [-0.1, -0.05) is 0 Å². The van der Waals surface area contributed by atoms with Gasteiger partial charge in [-0.2, -0.15) is 13.2 Å². The van der Waals surface area contributed by atoms with Crippen molar-refractivity contribution in [2.45, 2.75) is 44.4 Å². The molecular weight excluding hydrogens is 411 g/mol. The van der Waals surface area contributed by atoms with Gasteiger partial charge in [0, 0.05) is 19.1 Å². The van der Waals surface area contributed by atoms with Gasteiger partial charge in [-0.05, 0) is 65.8 Å². The van der Waals surface area contributed by atoms with Gasteiger partial charge in [-0.25, -0.2) is 0 Å². The number of ether oxygens (including phenoxy) is 4. The molecule has 3 aliphatic heterocycles. The summed E-state index contributed by atoms with van der Waals surface area (Å²) in [4.78, 5) is 2.46. The Labute approximate surface area is 178 Å². The van der Waals surface area contributed by atoms with Gasteiger partial charge >= 0.3 is 6.18 Å². The van der Waals surface area contributed by atoms with Crippen molar-refractivity contribution in [3.63, 3.8) is 0 Å². The van der Waals surface area contributed by atoms with E-state index in [1.165, 1.54) is 18.2 Å². The summed E-state index contributed by atoms with van der Waals surface area (Å²) in [5.74, 6) is 2.45. The number of halogens is 3. The quantitative estimate of drug-likeness (QED) is 0.690. The summed E-state index contributed by atoms with van der Waals surface area (Å²) in [5, 5.41) is 0. The van der Waals surface area contributed by atoms with Crippen LogP contribution >= 0.6 is 0 Å². The van der Waals surface area contributed by atoms with Crippen LogP contribution in [0.2, 0.25) is 0 Å². The number of hydrogen-bond acceptors (Lipinski definition) is 5. The van der Waals surface area contributed by atoms with Crippen LogP contribution in [0.5, 0.6) is 23.0 Å². The molecule has 0 N–H and O–H groups in total. The Kier molecular flexibility index (Phi) is 5.12. The van der Waals surface area contributed by atoms with Crippen molar-refractivity contribution < 1.29 is 32.1 Å². The first-order valence-corrected chi connectivity index (χ1v) is 10.5. The van der Waals surface area contributed by atoms with Gasteiger partial charge in [0.15, 0.2) is 23.0 Å². The molecule has 5 nitrogen and oxygen atoms in total. The average Bonchev–Trinajstić information content (AvgIpc) is 3.10. The van der Waals surface area contributed by atoms with Crippen LogP contribution in [-0.4, -0.2) is 38.1 Å². The molecule has 0 aliphatic carbocycles. The van der Waals surface area contributed by atoms with Crippen molar-refractivity contribution in [1.29, 1.82) is 0 Å². The minimum atomic E-state index is -4.25. The Balaban J connectivity index is 1.40. The molecule has 5 rings (SSSR count). The van der Waals surface area contributed by atoms with E-state index in [2.05, 4.69) is 17.0 Å². The predicted octanol–water partition coefficient (Wildman–Crippen LogP) is 4.80. The van der Waals surface area contributed by atoms with Crippen LogP contribution in [0.3, 0.4) is 0 Å². The monoisotopic (exact) mass is 435 g/mol. The summed E-state index contributed by atoms with van der Waals surface area (Å²) in [6.07, 6.45) is -2.58. The van der Waals surface area contributed by atoms with E-state index in [0.29, 0.717) is 11.5 Å². The average molecular weight is 435 g/mol. The minimum Gasteiger partial charge on any atom is -0.493 e. The molecule has 1 atom stereocenters. The molecule has 166 valence electrons. The molecule has 2 aromatic carbocycles. The summed E-state index contributed by atoms with van der Waals surface area (Å²) in [6, 6.07) is 8.23. The molecule has 31 heavy (non-hydrogen) atoms. The van der Waals surface area contributed by atoms with Crippen LogP contribution in [0.1, 0.15) is 41.1 Å². The largest absolute Gasteiger partial charge is 0.493 e. The highest BCUT2D eigenvalue weighted by atomic mass is 19.4. The van der Waals surface area contributed by atoms with Crippen molar-refractivity contribution in [3.05, 3.63) is 46.5 Å². The second-order valence-electron chi connectivity index (χ2n) is 8.16. The molecule has 8 heteroatoms. The van der Waals surface area contributed by atoms with Crippen molar-refractivity contribution in [2.75, 3.05) is 27.1 Å². The highest BCUT2D eigenvalue weighted by molar-refractivity contribution is 5.52. The third kappa shape index (κ3) is 4.01. The lowest BCUT2D eigenvalue weighted by Crippen LogP contribution is -2.34. The van der Waals surface area contributed by atoms with Crippen LogP contribution in [0, 0.1) is 0 Å². The summed E-state index contributed by atoms with van der Waals surface area (Å²) in [6.45, 7) is 1.53. The maximum atomic E-state index is 12.5.